The van der Waals surface area contributed by atoms with Crippen LogP contribution in [-0.4, -0.2) is 74.9 Å². The van der Waals surface area contributed by atoms with Crippen molar-refractivity contribution < 1.29 is 17.9 Å². The number of nitrogens with one attached hydrogen (secondary N) is 1. The van der Waals surface area contributed by atoms with E-state index in [1.165, 1.54) is 6.20 Å². The number of aromatic nitrogens is 5. The minimum Gasteiger partial charge on any atom is -0.490 e. The molecule has 13 heteroatoms. The van der Waals surface area contributed by atoms with E-state index in [0.717, 1.165) is 30.8 Å². The molecule has 3 aromatic heterocycles. The van der Waals surface area contributed by atoms with Crippen LogP contribution in [-0.2, 0) is 7.05 Å². The summed E-state index contributed by atoms with van der Waals surface area (Å²) in [4.78, 5) is 17.4. The fourth-order valence-corrected chi connectivity index (χ4v) is 6.61. The molecule has 1 aromatic carbocycles. The maximum Gasteiger partial charge on any atom is 0.249 e. The largest absolute Gasteiger partial charge is 0.490 e. The fourth-order valence-electron chi connectivity index (χ4n) is 6.61. The number of nitrogens with zero attached hydrogens (tertiary/aromatic N) is 7. The summed E-state index contributed by atoms with van der Waals surface area (Å²) in [5.74, 6) is -0.997. The Bertz CT molecular complexity index is 1680. The zero-order chi connectivity index (χ0) is 30.6. The lowest BCUT2D eigenvalue weighted by Crippen LogP contribution is -2.66. The van der Waals surface area contributed by atoms with Gasteiger partial charge in [-0.15, -0.1) is 5.10 Å². The molecule has 10 nitrogen and oxygen atoms in total. The summed E-state index contributed by atoms with van der Waals surface area (Å²) in [6.07, 6.45) is 5.27. The summed E-state index contributed by atoms with van der Waals surface area (Å²) in [5.41, 5.74) is 7.79. The Balaban J connectivity index is 1.10. The van der Waals surface area contributed by atoms with Gasteiger partial charge in [0.2, 0.25) is 11.9 Å². The first kappa shape index (κ1) is 28.4. The molecule has 2 aliphatic heterocycles. The number of nitrogen functional groups attached to an aromatic ring is 1. The van der Waals surface area contributed by atoms with Crippen molar-refractivity contribution in [2.45, 2.75) is 37.6 Å². The predicted molar refractivity (Wildman–Crippen MR) is 162 cm³/mol. The summed E-state index contributed by atoms with van der Waals surface area (Å²) in [5, 5.41) is 7.90. The number of alkyl halides is 2. The van der Waals surface area contributed by atoms with E-state index >= 15 is 0 Å². The quantitative estimate of drug-likeness (QED) is 0.283. The van der Waals surface area contributed by atoms with Crippen LogP contribution in [0.25, 0.3) is 22.5 Å². The number of ether oxygens (including phenoxy) is 1. The molecule has 1 spiro atoms. The third kappa shape index (κ3) is 5.29. The number of hydrogen-bond acceptors (Lipinski definition) is 9. The van der Waals surface area contributed by atoms with Crippen molar-refractivity contribution in [3.63, 3.8) is 0 Å². The molecule has 1 aliphatic carbocycles. The molecule has 3 aliphatic rings. The van der Waals surface area contributed by atoms with E-state index in [-0.39, 0.29) is 30.1 Å². The highest BCUT2D eigenvalue weighted by molar-refractivity contribution is 5.74. The van der Waals surface area contributed by atoms with Crippen molar-refractivity contribution >= 4 is 23.3 Å². The number of halogens is 3. The van der Waals surface area contributed by atoms with E-state index in [1.54, 1.807) is 36.1 Å². The molecule has 3 fully saturated rings. The lowest BCUT2D eigenvalue weighted by Gasteiger charge is -2.59. The van der Waals surface area contributed by atoms with E-state index in [4.69, 9.17) is 15.5 Å². The van der Waals surface area contributed by atoms with Gasteiger partial charge in [-0.05, 0) is 62.3 Å². The number of anilines is 4. The second kappa shape index (κ2) is 10.7. The summed E-state index contributed by atoms with van der Waals surface area (Å²) in [7, 11) is 3.87. The number of rotatable bonds is 8. The van der Waals surface area contributed by atoms with Gasteiger partial charge in [-0.3, -0.25) is 0 Å². The van der Waals surface area contributed by atoms with Crippen molar-refractivity contribution in [1.82, 2.24) is 29.6 Å². The van der Waals surface area contributed by atoms with E-state index in [0.29, 0.717) is 54.0 Å². The van der Waals surface area contributed by atoms with Crippen LogP contribution in [0.3, 0.4) is 0 Å². The van der Waals surface area contributed by atoms with E-state index in [1.807, 2.05) is 23.1 Å². The van der Waals surface area contributed by atoms with Crippen LogP contribution >= 0.6 is 0 Å². The number of benzene rings is 1. The second-order valence-electron chi connectivity index (χ2n) is 12.3. The molecular weight excluding hydrogens is 571 g/mol. The molecule has 1 unspecified atom stereocenters. The van der Waals surface area contributed by atoms with Crippen LogP contribution in [0.4, 0.5) is 36.4 Å². The maximum absolute atomic E-state index is 14.8. The Morgan fingerprint density at radius 1 is 1.07 bits per heavy atom. The van der Waals surface area contributed by atoms with Crippen molar-refractivity contribution in [2.75, 3.05) is 49.2 Å². The van der Waals surface area contributed by atoms with Crippen LogP contribution in [0.1, 0.15) is 25.7 Å². The van der Waals surface area contributed by atoms with Crippen molar-refractivity contribution in [1.29, 1.82) is 0 Å². The van der Waals surface area contributed by atoms with Crippen LogP contribution in [0.15, 0.2) is 48.8 Å². The molecule has 1 atom stereocenters. The predicted octanol–water partition coefficient (Wildman–Crippen LogP) is 5.11. The van der Waals surface area contributed by atoms with E-state index < -0.39 is 11.7 Å². The Hall–Kier alpha value is -4.39. The SMILES string of the molecule is CN1CCCC1COc1cc(-c2ccnc(N)c2F)ccc1Nc1nc(-c2ccc(N3CC4(C3)CC(F)(F)C4)nc2)nn1C. The van der Waals surface area contributed by atoms with Gasteiger partial charge in [-0.25, -0.2) is 27.8 Å². The fraction of sp³-hybridized carbons (Fsp3) is 0.419. The number of likely N-dealkylation sites (tertiary alicyclic amines) is 1. The second-order valence-corrected chi connectivity index (χ2v) is 12.3. The first-order valence-electron chi connectivity index (χ1n) is 14.7. The molecular formula is C31H34F3N9O. The Kier molecular flexibility index (Phi) is 6.87. The van der Waals surface area contributed by atoms with Crippen LogP contribution < -0.4 is 20.7 Å². The van der Waals surface area contributed by atoms with E-state index in [2.05, 4.69) is 32.3 Å². The van der Waals surface area contributed by atoms with Crippen molar-refractivity contribution in [3.05, 3.63) is 54.6 Å². The van der Waals surface area contributed by atoms with Gasteiger partial charge < -0.3 is 25.6 Å². The Morgan fingerprint density at radius 2 is 1.86 bits per heavy atom. The van der Waals surface area contributed by atoms with Gasteiger partial charge in [-0.1, -0.05) is 6.07 Å². The molecule has 1 saturated carbocycles. The number of nitrogens with two attached hydrogens (primary N) is 1. The molecule has 3 N–H and O–H groups in total. The smallest absolute Gasteiger partial charge is 0.249 e. The highest BCUT2D eigenvalue weighted by Crippen LogP contribution is 2.57. The molecule has 5 heterocycles. The topological polar surface area (TPSA) is 110 Å². The summed E-state index contributed by atoms with van der Waals surface area (Å²) >= 11 is 0. The normalized spacial score (nSPS) is 20.4. The van der Waals surface area contributed by atoms with Crippen molar-refractivity contribution in [3.8, 4) is 28.3 Å². The minimum absolute atomic E-state index is 0.0371. The van der Waals surface area contributed by atoms with Crippen molar-refractivity contribution in [2.24, 2.45) is 12.5 Å². The molecule has 44 heavy (non-hydrogen) atoms. The highest BCUT2D eigenvalue weighted by atomic mass is 19.3. The summed E-state index contributed by atoms with van der Waals surface area (Å²) < 4.78 is 49.5. The summed E-state index contributed by atoms with van der Waals surface area (Å²) in [6, 6.07) is 11.0. The average Bonchev–Trinajstić information content (AvgIpc) is 3.55. The molecule has 0 amide bonds. The molecule has 0 radical (unpaired) electrons. The van der Waals surface area contributed by atoms with Gasteiger partial charge in [0.1, 0.15) is 18.2 Å². The third-order valence-electron chi connectivity index (χ3n) is 8.97. The van der Waals surface area contributed by atoms with Crippen LogP contribution in [0.5, 0.6) is 5.75 Å². The van der Waals surface area contributed by atoms with Gasteiger partial charge >= 0.3 is 0 Å². The lowest BCUT2D eigenvalue weighted by atomic mass is 9.61. The number of likely N-dealkylation sites (N-methyl/N-ethyl adjacent to an activating group) is 1. The number of pyridine rings is 2. The van der Waals surface area contributed by atoms with Crippen LogP contribution in [0, 0.1) is 11.2 Å². The average molecular weight is 606 g/mol. The van der Waals surface area contributed by atoms with Gasteiger partial charge in [0.05, 0.1) is 5.69 Å². The minimum atomic E-state index is -2.52. The molecule has 2 saturated heterocycles. The van der Waals surface area contributed by atoms with Gasteiger partial charge in [0.25, 0.3) is 0 Å². The van der Waals surface area contributed by atoms with Crippen LogP contribution in [0.2, 0.25) is 0 Å². The van der Waals surface area contributed by atoms with Gasteiger partial charge in [0.15, 0.2) is 17.5 Å². The lowest BCUT2D eigenvalue weighted by molar-refractivity contribution is -0.170. The molecule has 230 valence electrons. The number of hydrogen-bond donors (Lipinski definition) is 2. The standard InChI is InChI=1S/C31H34F3N9O/c1-41-11-3-4-21(41)14-44-24-12-19(22-9-10-36-27(35)26(22)32)5-7-23(24)38-29-39-28(40-42(29)2)20-6-8-25(37-13-20)43-17-30(18-43)15-31(33,34)16-30/h5-10,12-13,21H,3-4,11,14-18H2,1-2H3,(H2,35,36)(H,38,39,40). The number of aryl methyl sites for hydroxylation is 1. The Labute approximate surface area is 253 Å². The first-order chi connectivity index (χ1) is 21.1. The third-order valence-corrected chi connectivity index (χ3v) is 8.97. The molecule has 7 rings (SSSR count). The zero-order valence-corrected chi connectivity index (χ0v) is 24.6. The summed E-state index contributed by atoms with van der Waals surface area (Å²) in [6.45, 7) is 2.71. The zero-order valence-electron chi connectivity index (χ0n) is 24.6. The Morgan fingerprint density at radius 3 is 2.57 bits per heavy atom. The van der Waals surface area contributed by atoms with Gasteiger partial charge in [0, 0.05) is 68.0 Å². The maximum atomic E-state index is 14.8. The van der Waals surface area contributed by atoms with E-state index in [9.17, 15) is 13.2 Å². The molecule has 4 aromatic rings. The first-order valence-corrected chi connectivity index (χ1v) is 14.7. The highest BCUT2D eigenvalue weighted by Gasteiger charge is 2.61. The monoisotopic (exact) mass is 605 g/mol. The van der Waals surface area contributed by atoms with Gasteiger partial charge in [-0.2, -0.15) is 4.98 Å². The molecule has 0 bridgehead atoms.